The number of alkyl halides is 2. The Morgan fingerprint density at radius 2 is 2.04 bits per heavy atom. The normalized spacial score (nSPS) is 44.8. The van der Waals surface area contributed by atoms with Crippen molar-refractivity contribution in [2.45, 2.75) is 86.5 Å². The molecule has 3 N–H and O–H groups in total. The molecule has 3 heterocycles. The molecule has 0 aromatic heterocycles. The zero-order valence-corrected chi connectivity index (χ0v) is 17.9. The summed E-state index contributed by atoms with van der Waals surface area (Å²) < 4.78 is 5.68. The molecule has 160 valence electrons. The van der Waals surface area contributed by atoms with E-state index in [0.29, 0.717) is 12.3 Å². The number of carbonyl (C=O) groups excluding carboxylic acids is 1. The van der Waals surface area contributed by atoms with Gasteiger partial charge in [-0.1, -0.05) is 0 Å². The largest absolute Gasteiger partial charge is 0.375 e. The number of ether oxygens (including phenoxy) is 1. The van der Waals surface area contributed by atoms with Crippen LogP contribution in [0.3, 0.4) is 0 Å². The Morgan fingerprint density at radius 1 is 1.18 bits per heavy atom. The lowest BCUT2D eigenvalue weighted by Crippen LogP contribution is -2.50. The van der Waals surface area contributed by atoms with Crippen molar-refractivity contribution in [3.63, 3.8) is 0 Å². The Morgan fingerprint density at radius 3 is 2.79 bits per heavy atom. The van der Waals surface area contributed by atoms with E-state index in [4.69, 9.17) is 32.8 Å². The highest BCUT2D eigenvalue weighted by molar-refractivity contribution is 6.30. The van der Waals surface area contributed by atoms with Crippen molar-refractivity contribution >= 4 is 29.1 Å². The van der Waals surface area contributed by atoms with Crippen LogP contribution in [0, 0.1) is 5.92 Å². The summed E-state index contributed by atoms with van der Waals surface area (Å²) in [4.78, 5) is 18.3. The van der Waals surface area contributed by atoms with Crippen molar-refractivity contribution in [1.29, 1.82) is 0 Å². The number of hydrogen-bond acceptors (Lipinski definition) is 6. The van der Waals surface area contributed by atoms with Crippen LogP contribution in [0.2, 0.25) is 0 Å². The minimum Gasteiger partial charge on any atom is -0.375 e. The summed E-state index contributed by atoms with van der Waals surface area (Å²) in [5.41, 5.74) is 6.35. The van der Waals surface area contributed by atoms with Gasteiger partial charge in [0.15, 0.2) is 0 Å². The molecule has 3 saturated heterocycles. The Hall–Kier alpha value is -0.150. The summed E-state index contributed by atoms with van der Waals surface area (Å²) in [5.74, 6) is 0.545. The molecule has 4 aliphatic rings. The number of halogens is 2. The van der Waals surface area contributed by atoms with Crippen LogP contribution in [-0.2, 0) is 14.4 Å². The second-order valence-electron chi connectivity index (χ2n) is 8.70. The first kappa shape index (κ1) is 21.1. The van der Waals surface area contributed by atoms with Gasteiger partial charge in [0, 0.05) is 37.5 Å². The van der Waals surface area contributed by atoms with Crippen molar-refractivity contribution in [2.75, 3.05) is 19.7 Å². The van der Waals surface area contributed by atoms with E-state index >= 15 is 0 Å². The van der Waals surface area contributed by atoms with Gasteiger partial charge in [0.05, 0.1) is 17.5 Å². The van der Waals surface area contributed by atoms with Gasteiger partial charge in [-0.25, -0.2) is 5.01 Å². The van der Waals surface area contributed by atoms with E-state index in [1.807, 2.05) is 0 Å². The lowest BCUT2D eigenvalue weighted by atomic mass is 9.88. The van der Waals surface area contributed by atoms with E-state index in [1.165, 1.54) is 0 Å². The Balaban J connectivity index is 1.22. The van der Waals surface area contributed by atoms with Gasteiger partial charge in [-0.05, 0) is 44.9 Å². The molecule has 28 heavy (non-hydrogen) atoms. The SMILES string of the molecule is CC1C(NC(=O)C2CC(C3CCCO3)ON2)CNN1CC1CCC(Cl)C(Cl)C1. The second kappa shape index (κ2) is 9.33. The summed E-state index contributed by atoms with van der Waals surface area (Å²) >= 11 is 12.6. The average molecular weight is 435 g/mol. The molecule has 0 radical (unpaired) electrons. The minimum atomic E-state index is -0.313. The van der Waals surface area contributed by atoms with Crippen LogP contribution in [0.4, 0.5) is 0 Å². The molecule has 0 aromatic carbocycles. The molecule has 7 nitrogen and oxygen atoms in total. The maximum absolute atomic E-state index is 12.7. The average Bonchev–Trinajstić information content (AvgIpc) is 3.41. The quantitative estimate of drug-likeness (QED) is 0.569. The predicted octanol–water partition coefficient (Wildman–Crippen LogP) is 1.54. The van der Waals surface area contributed by atoms with Crippen molar-refractivity contribution in [2.24, 2.45) is 5.92 Å². The second-order valence-corrected chi connectivity index (χ2v) is 9.82. The van der Waals surface area contributed by atoms with Crippen LogP contribution in [0.25, 0.3) is 0 Å². The predicted molar refractivity (Wildman–Crippen MR) is 108 cm³/mol. The molecule has 3 aliphatic heterocycles. The molecule has 4 rings (SSSR count). The van der Waals surface area contributed by atoms with Crippen molar-refractivity contribution in [3.8, 4) is 0 Å². The number of rotatable bonds is 5. The smallest absolute Gasteiger partial charge is 0.239 e. The maximum Gasteiger partial charge on any atom is 0.239 e. The van der Waals surface area contributed by atoms with Gasteiger partial charge in [0.2, 0.25) is 5.91 Å². The van der Waals surface area contributed by atoms with Gasteiger partial charge in [-0.15, -0.1) is 23.2 Å². The topological polar surface area (TPSA) is 74.9 Å². The minimum absolute atomic E-state index is 0.00414. The summed E-state index contributed by atoms with van der Waals surface area (Å²) in [7, 11) is 0. The van der Waals surface area contributed by atoms with Crippen LogP contribution >= 0.6 is 23.2 Å². The van der Waals surface area contributed by atoms with Gasteiger partial charge in [-0.3, -0.25) is 15.1 Å². The third kappa shape index (κ3) is 4.77. The first-order valence-corrected chi connectivity index (χ1v) is 11.5. The molecule has 1 saturated carbocycles. The molecule has 0 aromatic rings. The highest BCUT2D eigenvalue weighted by Crippen LogP contribution is 2.32. The molecule has 9 heteroatoms. The van der Waals surface area contributed by atoms with Gasteiger partial charge in [0.25, 0.3) is 0 Å². The summed E-state index contributed by atoms with van der Waals surface area (Å²) in [6.45, 7) is 4.63. The van der Waals surface area contributed by atoms with Crippen LogP contribution in [0.5, 0.6) is 0 Å². The van der Waals surface area contributed by atoms with E-state index in [-0.39, 0.29) is 47.0 Å². The zero-order valence-electron chi connectivity index (χ0n) is 16.4. The molecule has 8 unspecified atom stereocenters. The number of hydrazine groups is 1. The third-order valence-corrected chi connectivity index (χ3v) is 7.83. The van der Waals surface area contributed by atoms with E-state index in [9.17, 15) is 4.79 Å². The maximum atomic E-state index is 12.7. The lowest BCUT2D eigenvalue weighted by Gasteiger charge is -2.33. The Kier molecular flexibility index (Phi) is 7.03. The Bertz CT molecular complexity index is 551. The number of hydrogen-bond donors (Lipinski definition) is 3. The fraction of sp³-hybridized carbons (Fsp3) is 0.947. The highest BCUT2D eigenvalue weighted by atomic mass is 35.5. The molecule has 1 aliphatic carbocycles. The van der Waals surface area contributed by atoms with E-state index in [2.05, 4.69) is 28.2 Å². The molecular formula is C19H32Cl2N4O3. The lowest BCUT2D eigenvalue weighted by molar-refractivity contribution is -0.125. The third-order valence-electron chi connectivity index (χ3n) is 6.70. The number of carbonyl (C=O) groups is 1. The van der Waals surface area contributed by atoms with E-state index < -0.39 is 0 Å². The van der Waals surface area contributed by atoms with Crippen molar-refractivity contribution in [3.05, 3.63) is 0 Å². The summed E-state index contributed by atoms with van der Waals surface area (Å²) in [5, 5.41) is 5.59. The number of nitrogens with zero attached hydrogens (tertiary/aromatic N) is 1. The molecule has 8 atom stereocenters. The van der Waals surface area contributed by atoms with Crippen LogP contribution in [0.1, 0.15) is 45.4 Å². The monoisotopic (exact) mass is 434 g/mol. The van der Waals surface area contributed by atoms with Crippen LogP contribution < -0.4 is 16.2 Å². The first-order chi connectivity index (χ1) is 13.5. The summed E-state index contributed by atoms with van der Waals surface area (Å²) in [6.07, 6.45) is 5.85. The van der Waals surface area contributed by atoms with Gasteiger partial charge in [0.1, 0.15) is 12.1 Å². The molecular weight excluding hydrogens is 403 g/mol. The van der Waals surface area contributed by atoms with E-state index in [0.717, 1.165) is 51.8 Å². The number of amides is 1. The van der Waals surface area contributed by atoms with Crippen LogP contribution in [0.15, 0.2) is 0 Å². The first-order valence-electron chi connectivity index (χ1n) is 10.6. The number of nitrogens with one attached hydrogen (secondary N) is 3. The van der Waals surface area contributed by atoms with E-state index in [1.54, 1.807) is 0 Å². The molecule has 1 amide bonds. The fourth-order valence-electron chi connectivity index (χ4n) is 4.82. The fourth-order valence-corrected chi connectivity index (χ4v) is 5.43. The van der Waals surface area contributed by atoms with Crippen LogP contribution in [-0.4, -0.2) is 71.7 Å². The van der Waals surface area contributed by atoms with Gasteiger partial charge < -0.3 is 10.1 Å². The van der Waals surface area contributed by atoms with Gasteiger partial charge in [-0.2, -0.15) is 5.48 Å². The van der Waals surface area contributed by atoms with Gasteiger partial charge >= 0.3 is 0 Å². The van der Waals surface area contributed by atoms with Crippen molar-refractivity contribution in [1.82, 2.24) is 21.2 Å². The summed E-state index contributed by atoms with van der Waals surface area (Å²) in [6, 6.07) is -0.0126. The molecule has 0 spiro atoms. The number of hydroxylamine groups is 1. The van der Waals surface area contributed by atoms with Crippen molar-refractivity contribution < 1.29 is 14.4 Å². The molecule has 0 bridgehead atoms. The zero-order chi connectivity index (χ0) is 19.7. The standard InChI is InChI=1S/C19H32Cl2N4O3/c1-11-16(9-22-25(11)10-12-4-5-13(20)14(21)7-12)23-19(26)15-8-18(28-24-15)17-3-2-6-27-17/h11-18,22,24H,2-10H2,1H3,(H,23,26). The Labute approximate surface area is 177 Å². The highest BCUT2D eigenvalue weighted by Gasteiger charge is 2.40. The molecule has 4 fully saturated rings.